The average Bonchev–Trinajstić information content (AvgIpc) is 3.56. The van der Waals surface area contributed by atoms with Crippen molar-refractivity contribution in [2.45, 2.75) is 83.0 Å². The molecule has 14 rings (SSSR count). The number of hydrogen-bond acceptors (Lipinski definition) is 2. The maximum Gasteiger partial charge on any atom is 0.0543 e. The number of para-hydroxylation sites is 2. The monoisotopic (exact) mass is 816 g/mol. The van der Waals surface area contributed by atoms with Gasteiger partial charge in [0, 0.05) is 39.4 Å². The van der Waals surface area contributed by atoms with E-state index >= 15 is 0 Å². The Kier molecular flexibility index (Phi) is 10.3. The van der Waals surface area contributed by atoms with Crippen molar-refractivity contribution in [1.82, 2.24) is 0 Å². The molecule has 0 aliphatic heterocycles. The fraction of sp³-hybridized carbons (Fsp3) is 0.213. The van der Waals surface area contributed by atoms with Crippen molar-refractivity contribution in [3.63, 3.8) is 0 Å². The molecular formula is C61H56N2. The van der Waals surface area contributed by atoms with Crippen molar-refractivity contribution in [2.24, 2.45) is 0 Å². The molecule has 0 saturated heterocycles. The average molecular weight is 817 g/mol. The predicted octanol–water partition coefficient (Wildman–Crippen LogP) is 16.5. The van der Waals surface area contributed by atoms with Crippen LogP contribution in [-0.2, 0) is 31.1 Å². The van der Waals surface area contributed by atoms with Crippen molar-refractivity contribution in [2.75, 3.05) is 9.80 Å². The van der Waals surface area contributed by atoms with Crippen molar-refractivity contribution < 1.29 is 0 Å². The van der Waals surface area contributed by atoms with Gasteiger partial charge in [-0.25, -0.2) is 0 Å². The van der Waals surface area contributed by atoms with Gasteiger partial charge in [0.1, 0.15) is 0 Å². The van der Waals surface area contributed by atoms with Crippen LogP contribution in [0.4, 0.5) is 34.1 Å². The van der Waals surface area contributed by atoms with E-state index in [1.54, 1.807) is 0 Å². The number of nitrogens with zero attached hydrogens (tertiary/aromatic N) is 2. The molecule has 8 aromatic rings. The number of fused-ring (bicyclic) bond motifs is 3. The third kappa shape index (κ3) is 7.36. The molecule has 0 N–H and O–H groups in total. The number of aryl methyl sites for hydroxylation is 4. The zero-order chi connectivity index (χ0) is 42.3. The Hall–Kier alpha value is -6.64. The first-order valence-corrected chi connectivity index (χ1v) is 23.4. The summed E-state index contributed by atoms with van der Waals surface area (Å²) in [5.41, 5.74) is 22.2. The molecule has 310 valence electrons. The van der Waals surface area contributed by atoms with E-state index in [-0.39, 0.29) is 5.41 Å². The zero-order valence-corrected chi connectivity index (χ0v) is 36.7. The second-order valence-electron chi connectivity index (χ2n) is 18.6. The minimum atomic E-state index is -0.134. The highest BCUT2D eigenvalue weighted by Gasteiger charge is 2.37. The fourth-order valence-electron chi connectivity index (χ4n) is 11.0. The Bertz CT molecular complexity index is 2850. The molecule has 2 nitrogen and oxygen atoms in total. The van der Waals surface area contributed by atoms with E-state index in [2.05, 4.69) is 212 Å². The summed E-state index contributed by atoms with van der Waals surface area (Å²) < 4.78 is 0. The number of anilines is 6. The smallest absolute Gasteiger partial charge is 0.0543 e. The van der Waals surface area contributed by atoms with Gasteiger partial charge in [0.15, 0.2) is 0 Å². The van der Waals surface area contributed by atoms with Gasteiger partial charge in [-0.3, -0.25) is 0 Å². The lowest BCUT2D eigenvalue weighted by molar-refractivity contribution is 0.443. The third-order valence-corrected chi connectivity index (χ3v) is 14.4. The second kappa shape index (κ2) is 16.6. The van der Waals surface area contributed by atoms with E-state index in [0.29, 0.717) is 5.92 Å². The lowest BCUT2D eigenvalue weighted by Gasteiger charge is -2.33. The Morgan fingerprint density at radius 1 is 0.397 bits per heavy atom. The van der Waals surface area contributed by atoms with Gasteiger partial charge in [-0.1, -0.05) is 161 Å². The summed E-state index contributed by atoms with van der Waals surface area (Å²) in [4.78, 5) is 5.09. The maximum atomic E-state index is 2.64. The summed E-state index contributed by atoms with van der Waals surface area (Å²) in [7, 11) is 0. The summed E-state index contributed by atoms with van der Waals surface area (Å²) in [5, 5.41) is 0. The molecule has 2 heteroatoms. The Morgan fingerprint density at radius 3 is 1.56 bits per heavy atom. The molecular weight excluding hydrogens is 761 g/mol. The molecule has 6 aliphatic carbocycles. The largest absolute Gasteiger partial charge is 0.310 e. The molecule has 0 atom stereocenters. The van der Waals surface area contributed by atoms with Gasteiger partial charge in [-0.05, 0) is 161 Å². The van der Waals surface area contributed by atoms with Crippen LogP contribution in [0.5, 0.6) is 0 Å². The van der Waals surface area contributed by atoms with Crippen LogP contribution in [-0.4, -0.2) is 0 Å². The Balaban J connectivity index is 1.07. The first kappa shape index (κ1) is 39.2. The molecule has 1 fully saturated rings. The van der Waals surface area contributed by atoms with Crippen LogP contribution < -0.4 is 9.80 Å². The summed E-state index contributed by atoms with van der Waals surface area (Å²) in [6.07, 6.45) is 10.4. The van der Waals surface area contributed by atoms with E-state index in [1.165, 1.54) is 127 Å². The van der Waals surface area contributed by atoms with Crippen LogP contribution in [0, 0.1) is 0 Å². The van der Waals surface area contributed by atoms with Crippen molar-refractivity contribution >= 4 is 34.1 Å². The predicted molar refractivity (Wildman–Crippen MR) is 266 cm³/mol. The van der Waals surface area contributed by atoms with Crippen molar-refractivity contribution in [3.8, 4) is 22.3 Å². The number of rotatable bonds is 8. The standard InChI is InChI=1S/C61H56N2/c1-61(2)56-26-16-15-25-53(56)55-41-54(47-19-9-4-10-20-47)60(42-57(55)61)63(52-37-35-46(36-38-52)45-17-7-3-8-18-45)59-40-44-28-32-48-31-27-43(29-33-49(59)34-30-44)39-58(48)62(50-21-11-5-12-22-50)51-23-13-6-14-24-51/h4-6,9-16,19-27,30-31,34-42,45H,3,7-8,17-18,28-29,32-33H2,1-2H3. The van der Waals surface area contributed by atoms with Gasteiger partial charge in [0.25, 0.3) is 0 Å². The highest BCUT2D eigenvalue weighted by molar-refractivity contribution is 5.95. The Labute approximate surface area is 374 Å². The molecule has 0 radical (unpaired) electrons. The van der Waals surface area contributed by atoms with Crippen LogP contribution in [0.25, 0.3) is 22.3 Å². The van der Waals surface area contributed by atoms with Crippen LogP contribution in [0.15, 0.2) is 188 Å². The van der Waals surface area contributed by atoms with E-state index in [1.807, 2.05) is 0 Å². The molecule has 6 aliphatic rings. The zero-order valence-electron chi connectivity index (χ0n) is 36.7. The summed E-state index contributed by atoms with van der Waals surface area (Å²) >= 11 is 0. The molecule has 63 heavy (non-hydrogen) atoms. The minimum absolute atomic E-state index is 0.134. The van der Waals surface area contributed by atoms with Gasteiger partial charge < -0.3 is 9.80 Å². The van der Waals surface area contributed by atoms with Crippen LogP contribution >= 0.6 is 0 Å². The fourth-order valence-corrected chi connectivity index (χ4v) is 11.0. The quantitative estimate of drug-likeness (QED) is 0.151. The lowest BCUT2D eigenvalue weighted by Crippen LogP contribution is -2.18. The van der Waals surface area contributed by atoms with Crippen molar-refractivity contribution in [1.29, 1.82) is 0 Å². The molecule has 1 saturated carbocycles. The summed E-state index contributed by atoms with van der Waals surface area (Å²) in [6.45, 7) is 4.82. The normalized spacial score (nSPS) is 15.3. The van der Waals surface area contributed by atoms with E-state index in [0.717, 1.165) is 25.7 Å². The Morgan fingerprint density at radius 2 is 0.937 bits per heavy atom. The lowest BCUT2D eigenvalue weighted by atomic mass is 9.81. The molecule has 0 unspecified atom stereocenters. The van der Waals surface area contributed by atoms with Crippen LogP contribution in [0.2, 0.25) is 0 Å². The van der Waals surface area contributed by atoms with Gasteiger partial charge in [-0.2, -0.15) is 0 Å². The second-order valence-corrected chi connectivity index (χ2v) is 18.6. The first-order chi connectivity index (χ1) is 31.0. The van der Waals surface area contributed by atoms with Gasteiger partial charge in [0.05, 0.1) is 5.69 Å². The van der Waals surface area contributed by atoms with Gasteiger partial charge in [-0.15, -0.1) is 0 Å². The summed E-state index contributed by atoms with van der Waals surface area (Å²) in [5.74, 6) is 0.653. The van der Waals surface area contributed by atoms with Crippen LogP contribution in [0.1, 0.15) is 90.8 Å². The SMILES string of the molecule is CC1(C)c2ccccc2-c2cc(-c3ccccc3)c(N(c3ccc(C4CCCCC4)cc3)c3cc4ccc3CCc3ccc(c(N(c5ccccc5)c5ccccc5)c3)CC4)cc21. The molecule has 4 bridgehead atoms. The topological polar surface area (TPSA) is 6.48 Å². The van der Waals surface area contributed by atoms with Crippen molar-refractivity contribution in [3.05, 3.63) is 227 Å². The number of benzene rings is 8. The first-order valence-electron chi connectivity index (χ1n) is 23.4. The molecule has 0 heterocycles. The van der Waals surface area contributed by atoms with E-state index < -0.39 is 0 Å². The highest BCUT2D eigenvalue weighted by atomic mass is 15.2. The van der Waals surface area contributed by atoms with E-state index in [9.17, 15) is 0 Å². The highest BCUT2D eigenvalue weighted by Crippen LogP contribution is 2.54. The molecule has 0 aromatic heterocycles. The minimum Gasteiger partial charge on any atom is -0.310 e. The third-order valence-electron chi connectivity index (χ3n) is 14.4. The van der Waals surface area contributed by atoms with Gasteiger partial charge in [0.2, 0.25) is 0 Å². The van der Waals surface area contributed by atoms with E-state index in [4.69, 9.17) is 0 Å². The molecule has 8 aromatic carbocycles. The van der Waals surface area contributed by atoms with Gasteiger partial charge >= 0.3 is 0 Å². The number of hydrogen-bond donors (Lipinski definition) is 0. The molecule has 0 spiro atoms. The maximum absolute atomic E-state index is 2.64. The molecule has 0 amide bonds. The summed E-state index contributed by atoms with van der Waals surface area (Å²) in [6, 6.07) is 71.3. The van der Waals surface area contributed by atoms with Crippen LogP contribution in [0.3, 0.4) is 0 Å².